The number of benzene rings is 1. The standard InChI is InChI=1S/C19H23NO6.ClH/c1-10(2)7-20-8-12(21)9-25-19-17-13(4-5-24-17)16(23)15-14(22)6-11(3)26-18(15)19;/h4-6,10,12,20-21,23H,7-9H2,1-3H3;1H. The number of aliphatic hydroxyl groups is 1. The number of phenolic OH excluding ortho intramolecular Hbond substituents is 1. The van der Waals surface area contributed by atoms with E-state index in [0.29, 0.717) is 23.6 Å². The molecule has 0 aliphatic rings. The zero-order valence-corrected chi connectivity index (χ0v) is 16.3. The molecule has 0 radical (unpaired) electrons. The summed E-state index contributed by atoms with van der Waals surface area (Å²) in [5, 5.41) is 24.1. The maximum Gasteiger partial charge on any atom is 0.206 e. The number of aromatic hydroxyl groups is 1. The fraction of sp³-hybridized carbons (Fsp3) is 0.421. The molecule has 27 heavy (non-hydrogen) atoms. The van der Waals surface area contributed by atoms with Gasteiger partial charge in [0.15, 0.2) is 16.6 Å². The molecule has 0 spiro atoms. The second kappa shape index (κ2) is 8.65. The number of aryl methyl sites for hydroxylation is 1. The van der Waals surface area contributed by atoms with E-state index >= 15 is 0 Å². The van der Waals surface area contributed by atoms with Gasteiger partial charge < -0.3 is 29.1 Å². The Labute approximate surface area is 162 Å². The van der Waals surface area contributed by atoms with Crippen molar-refractivity contribution >= 4 is 34.3 Å². The maximum absolute atomic E-state index is 12.3. The molecule has 0 saturated carbocycles. The molecule has 7 nitrogen and oxygen atoms in total. The lowest BCUT2D eigenvalue weighted by atomic mass is 10.1. The summed E-state index contributed by atoms with van der Waals surface area (Å²) >= 11 is 0. The first-order valence-electron chi connectivity index (χ1n) is 8.56. The molecule has 3 rings (SSSR count). The van der Waals surface area contributed by atoms with Crippen molar-refractivity contribution in [2.75, 3.05) is 19.7 Å². The molecule has 148 valence electrons. The number of furan rings is 1. The third-order valence-electron chi connectivity index (χ3n) is 3.99. The summed E-state index contributed by atoms with van der Waals surface area (Å²) in [7, 11) is 0. The smallest absolute Gasteiger partial charge is 0.206 e. The van der Waals surface area contributed by atoms with Crippen LogP contribution in [0.2, 0.25) is 0 Å². The molecule has 1 unspecified atom stereocenters. The van der Waals surface area contributed by atoms with E-state index in [9.17, 15) is 15.0 Å². The quantitative estimate of drug-likeness (QED) is 0.562. The Morgan fingerprint density at radius 1 is 1.26 bits per heavy atom. The van der Waals surface area contributed by atoms with Gasteiger partial charge in [0.05, 0.1) is 11.6 Å². The van der Waals surface area contributed by atoms with E-state index in [1.54, 1.807) is 13.0 Å². The van der Waals surface area contributed by atoms with Gasteiger partial charge in [-0.15, -0.1) is 12.4 Å². The molecule has 8 heteroatoms. The highest BCUT2D eigenvalue weighted by atomic mass is 35.5. The number of hydrogen-bond acceptors (Lipinski definition) is 7. The zero-order chi connectivity index (χ0) is 18.8. The van der Waals surface area contributed by atoms with Crippen LogP contribution in [0.25, 0.3) is 21.9 Å². The lowest BCUT2D eigenvalue weighted by molar-refractivity contribution is 0.106. The van der Waals surface area contributed by atoms with E-state index in [0.717, 1.165) is 6.54 Å². The van der Waals surface area contributed by atoms with Crippen molar-refractivity contribution in [2.45, 2.75) is 26.9 Å². The number of phenols is 1. The molecule has 0 saturated heterocycles. The summed E-state index contributed by atoms with van der Waals surface area (Å²) in [6, 6.07) is 2.86. The van der Waals surface area contributed by atoms with Crippen LogP contribution in [0.1, 0.15) is 19.6 Å². The monoisotopic (exact) mass is 397 g/mol. The topological polar surface area (TPSA) is 105 Å². The van der Waals surface area contributed by atoms with Crippen molar-refractivity contribution in [2.24, 2.45) is 5.92 Å². The molecule has 1 aromatic carbocycles. The highest BCUT2D eigenvalue weighted by molar-refractivity contribution is 6.06. The van der Waals surface area contributed by atoms with Crippen LogP contribution in [0, 0.1) is 12.8 Å². The van der Waals surface area contributed by atoms with Gasteiger partial charge in [-0.1, -0.05) is 13.8 Å². The largest absolute Gasteiger partial charge is 0.506 e. The van der Waals surface area contributed by atoms with Gasteiger partial charge in [-0.3, -0.25) is 4.79 Å². The fourth-order valence-electron chi connectivity index (χ4n) is 2.81. The second-order valence-corrected chi connectivity index (χ2v) is 6.78. The predicted molar refractivity (Wildman–Crippen MR) is 105 cm³/mol. The number of hydrogen-bond donors (Lipinski definition) is 3. The molecular weight excluding hydrogens is 374 g/mol. The number of fused-ring (bicyclic) bond motifs is 2. The average molecular weight is 398 g/mol. The Morgan fingerprint density at radius 2 is 2.00 bits per heavy atom. The highest BCUT2D eigenvalue weighted by Gasteiger charge is 2.22. The number of rotatable bonds is 7. The molecule has 2 heterocycles. The first-order valence-corrected chi connectivity index (χ1v) is 8.56. The van der Waals surface area contributed by atoms with Crippen LogP contribution in [0.5, 0.6) is 11.5 Å². The van der Waals surface area contributed by atoms with Gasteiger partial charge in [0.1, 0.15) is 29.6 Å². The van der Waals surface area contributed by atoms with Crippen LogP contribution in [0.4, 0.5) is 0 Å². The molecule has 0 aliphatic heterocycles. The number of aliphatic hydroxyl groups excluding tert-OH is 1. The fourth-order valence-corrected chi connectivity index (χ4v) is 2.81. The molecule has 1 atom stereocenters. The van der Waals surface area contributed by atoms with Gasteiger partial charge in [-0.05, 0) is 25.5 Å². The molecule has 0 bridgehead atoms. The summed E-state index contributed by atoms with van der Waals surface area (Å²) < 4.78 is 16.8. The van der Waals surface area contributed by atoms with Gasteiger partial charge >= 0.3 is 0 Å². The van der Waals surface area contributed by atoms with Crippen molar-refractivity contribution < 1.29 is 23.8 Å². The maximum atomic E-state index is 12.3. The van der Waals surface area contributed by atoms with Crippen molar-refractivity contribution in [3.8, 4) is 11.5 Å². The van der Waals surface area contributed by atoms with Gasteiger partial charge in [0.2, 0.25) is 5.75 Å². The lowest BCUT2D eigenvalue weighted by Gasteiger charge is -2.15. The van der Waals surface area contributed by atoms with Crippen molar-refractivity contribution in [3.63, 3.8) is 0 Å². The number of nitrogens with one attached hydrogen (secondary N) is 1. The van der Waals surface area contributed by atoms with E-state index in [1.807, 2.05) is 0 Å². The Balaban J connectivity index is 0.00000261. The minimum Gasteiger partial charge on any atom is -0.506 e. The van der Waals surface area contributed by atoms with Gasteiger partial charge in [0, 0.05) is 12.6 Å². The van der Waals surface area contributed by atoms with E-state index < -0.39 is 6.10 Å². The van der Waals surface area contributed by atoms with E-state index in [1.165, 1.54) is 12.3 Å². The van der Waals surface area contributed by atoms with E-state index in [4.69, 9.17) is 13.6 Å². The number of ether oxygens (including phenoxy) is 1. The third-order valence-corrected chi connectivity index (χ3v) is 3.99. The van der Waals surface area contributed by atoms with Gasteiger partial charge in [-0.25, -0.2) is 0 Å². The normalized spacial score (nSPS) is 12.5. The Bertz CT molecular complexity index is 978. The Hall–Kier alpha value is -2.22. The van der Waals surface area contributed by atoms with E-state index in [2.05, 4.69) is 19.2 Å². The molecule has 0 aliphatic carbocycles. The first-order chi connectivity index (χ1) is 12.4. The van der Waals surface area contributed by atoms with Gasteiger partial charge in [-0.2, -0.15) is 0 Å². The first kappa shape index (κ1) is 21.1. The van der Waals surface area contributed by atoms with Crippen molar-refractivity contribution in [3.05, 3.63) is 34.4 Å². The van der Waals surface area contributed by atoms with E-state index in [-0.39, 0.29) is 52.5 Å². The molecule has 3 N–H and O–H groups in total. The molecular formula is C19H24ClNO6. The SMILES string of the molecule is Cc1cc(=O)c2c(O)c3ccoc3c(OCC(O)CNCC(C)C)c2o1.Cl. The average Bonchev–Trinajstić information content (AvgIpc) is 3.03. The van der Waals surface area contributed by atoms with Crippen molar-refractivity contribution in [1.29, 1.82) is 0 Å². The molecule has 3 aromatic rings. The summed E-state index contributed by atoms with van der Waals surface area (Å²) in [5.74, 6) is 0.853. The third kappa shape index (κ3) is 4.37. The summed E-state index contributed by atoms with van der Waals surface area (Å²) in [5.41, 5.74) is 0.0109. The van der Waals surface area contributed by atoms with Crippen molar-refractivity contribution in [1.82, 2.24) is 5.32 Å². The zero-order valence-electron chi connectivity index (χ0n) is 15.4. The summed E-state index contributed by atoms with van der Waals surface area (Å²) in [6.45, 7) is 6.94. The minimum absolute atomic E-state index is 0. The Morgan fingerprint density at radius 3 is 2.70 bits per heavy atom. The van der Waals surface area contributed by atoms with Gasteiger partial charge in [0.25, 0.3) is 0 Å². The second-order valence-electron chi connectivity index (χ2n) is 6.78. The highest BCUT2D eigenvalue weighted by Crippen LogP contribution is 2.41. The molecule has 2 aromatic heterocycles. The lowest BCUT2D eigenvalue weighted by Crippen LogP contribution is -2.33. The van der Waals surface area contributed by atoms with Crippen LogP contribution in [0.3, 0.4) is 0 Å². The summed E-state index contributed by atoms with van der Waals surface area (Å²) in [6.07, 6.45) is 0.646. The Kier molecular flexibility index (Phi) is 6.75. The van der Waals surface area contributed by atoms with Crippen LogP contribution in [0.15, 0.2) is 32.0 Å². The van der Waals surface area contributed by atoms with Crippen LogP contribution >= 0.6 is 12.4 Å². The van der Waals surface area contributed by atoms with Crippen LogP contribution < -0.4 is 15.5 Å². The molecule has 0 fully saturated rings. The minimum atomic E-state index is -0.751. The molecule has 0 amide bonds. The van der Waals surface area contributed by atoms with Crippen LogP contribution in [-0.4, -0.2) is 36.0 Å². The van der Waals surface area contributed by atoms with Crippen LogP contribution in [-0.2, 0) is 0 Å². The summed E-state index contributed by atoms with van der Waals surface area (Å²) in [4.78, 5) is 12.3. The predicted octanol–water partition coefficient (Wildman–Crippen LogP) is 2.96. The number of halogens is 1.